The fourth-order valence-corrected chi connectivity index (χ4v) is 4.80. The first-order chi connectivity index (χ1) is 15.9. The third-order valence-corrected chi connectivity index (χ3v) is 6.57. The minimum Gasteiger partial charge on any atom is -0.339 e. The molecule has 1 aliphatic rings. The summed E-state index contributed by atoms with van der Waals surface area (Å²) in [5, 5.41) is 10.6. The van der Waals surface area contributed by atoms with Gasteiger partial charge in [-0.1, -0.05) is 23.7 Å². The lowest BCUT2D eigenvalue weighted by Gasteiger charge is -2.12. The summed E-state index contributed by atoms with van der Waals surface area (Å²) >= 11 is 6.12. The number of carbonyl (C=O) groups excluding carboxylic acids is 1. The van der Waals surface area contributed by atoms with Crippen LogP contribution in [-0.2, 0) is 10.0 Å². The summed E-state index contributed by atoms with van der Waals surface area (Å²) in [6.45, 7) is 0. The van der Waals surface area contributed by atoms with Gasteiger partial charge in [0.15, 0.2) is 5.84 Å². The van der Waals surface area contributed by atoms with Crippen LogP contribution in [0.3, 0.4) is 0 Å². The number of amidine groups is 1. The van der Waals surface area contributed by atoms with E-state index in [2.05, 4.69) is 20.1 Å². The van der Waals surface area contributed by atoms with Crippen LogP contribution in [0.15, 0.2) is 94.5 Å². The normalized spacial score (nSPS) is 13.8. The summed E-state index contributed by atoms with van der Waals surface area (Å²) < 4.78 is 29.9. The molecule has 164 valence electrons. The Morgan fingerprint density at radius 3 is 2.52 bits per heavy atom. The van der Waals surface area contributed by atoms with Crippen molar-refractivity contribution in [3.8, 4) is 5.69 Å². The van der Waals surface area contributed by atoms with Crippen molar-refractivity contribution >= 4 is 44.7 Å². The van der Waals surface area contributed by atoms with Crippen molar-refractivity contribution in [2.75, 3.05) is 10.6 Å². The van der Waals surface area contributed by atoms with Crippen molar-refractivity contribution in [2.24, 2.45) is 4.40 Å². The fourth-order valence-electron chi connectivity index (χ4n) is 3.45. The molecule has 0 unspecified atom stereocenters. The molecule has 0 bridgehead atoms. The molecule has 1 amide bonds. The average Bonchev–Trinajstić information content (AvgIpc) is 3.41. The van der Waals surface area contributed by atoms with Gasteiger partial charge in [0.1, 0.15) is 4.90 Å². The lowest BCUT2D eigenvalue weighted by molar-refractivity contribution is 0.102. The summed E-state index contributed by atoms with van der Waals surface area (Å²) in [6, 6.07) is 20.2. The molecule has 0 atom stereocenters. The monoisotopic (exact) mass is 477 g/mol. The molecule has 33 heavy (non-hydrogen) atoms. The van der Waals surface area contributed by atoms with Crippen molar-refractivity contribution in [2.45, 2.75) is 4.90 Å². The van der Waals surface area contributed by atoms with Gasteiger partial charge in [0.05, 0.1) is 11.4 Å². The van der Waals surface area contributed by atoms with E-state index in [0.717, 1.165) is 0 Å². The Balaban J connectivity index is 1.35. The van der Waals surface area contributed by atoms with E-state index < -0.39 is 10.0 Å². The van der Waals surface area contributed by atoms with Crippen molar-refractivity contribution in [3.05, 3.63) is 101 Å². The molecule has 0 aliphatic carbocycles. The third kappa shape index (κ3) is 4.11. The fraction of sp³-hybridized carbons (Fsp3) is 0. The molecule has 1 aliphatic heterocycles. The van der Waals surface area contributed by atoms with Crippen molar-refractivity contribution in [1.29, 1.82) is 0 Å². The van der Waals surface area contributed by atoms with Gasteiger partial charge in [-0.25, -0.2) is 4.68 Å². The molecule has 10 heteroatoms. The topological polar surface area (TPSA) is 105 Å². The molecule has 0 saturated heterocycles. The van der Waals surface area contributed by atoms with Gasteiger partial charge in [0.2, 0.25) is 0 Å². The largest absolute Gasteiger partial charge is 0.339 e. The minimum absolute atomic E-state index is 0.165. The Morgan fingerprint density at radius 2 is 1.76 bits per heavy atom. The summed E-state index contributed by atoms with van der Waals surface area (Å²) in [5.41, 5.74) is 2.70. The van der Waals surface area contributed by atoms with E-state index in [9.17, 15) is 13.2 Å². The first-order valence-corrected chi connectivity index (χ1v) is 11.6. The Morgan fingerprint density at radius 1 is 0.970 bits per heavy atom. The number of amides is 1. The van der Waals surface area contributed by atoms with Crippen LogP contribution in [0.5, 0.6) is 0 Å². The van der Waals surface area contributed by atoms with E-state index in [-0.39, 0.29) is 16.6 Å². The van der Waals surface area contributed by atoms with Crippen LogP contribution in [0.1, 0.15) is 15.9 Å². The predicted molar refractivity (Wildman–Crippen MR) is 127 cm³/mol. The molecule has 8 nitrogen and oxygen atoms in total. The quantitative estimate of drug-likeness (QED) is 0.455. The maximum Gasteiger partial charge on any atom is 0.285 e. The van der Waals surface area contributed by atoms with Crippen LogP contribution in [0, 0.1) is 0 Å². The Kier molecular flexibility index (Phi) is 5.20. The lowest BCUT2D eigenvalue weighted by Crippen LogP contribution is -2.15. The number of carbonyl (C=O) groups is 1. The summed E-state index contributed by atoms with van der Waals surface area (Å²) in [5.74, 6) is -0.0889. The highest BCUT2D eigenvalue weighted by molar-refractivity contribution is 7.90. The number of halogens is 1. The predicted octanol–water partition coefficient (Wildman–Crippen LogP) is 4.34. The number of hydrogen-bond donors (Lipinski definition) is 2. The number of anilines is 2. The highest BCUT2D eigenvalue weighted by atomic mass is 35.5. The number of benzene rings is 3. The molecule has 1 aromatic heterocycles. The average molecular weight is 478 g/mol. The Bertz CT molecular complexity index is 1500. The third-order valence-electron chi connectivity index (χ3n) is 5.00. The van der Waals surface area contributed by atoms with Gasteiger partial charge in [0.25, 0.3) is 15.9 Å². The number of fused-ring (bicyclic) bond motifs is 1. The molecule has 2 N–H and O–H groups in total. The molecular formula is C23H16ClN5O3S. The lowest BCUT2D eigenvalue weighted by atomic mass is 10.1. The van der Waals surface area contributed by atoms with Gasteiger partial charge in [-0.15, -0.1) is 4.40 Å². The first kappa shape index (κ1) is 20.9. The molecule has 0 radical (unpaired) electrons. The molecule has 0 fully saturated rings. The van der Waals surface area contributed by atoms with Crippen LogP contribution >= 0.6 is 11.6 Å². The van der Waals surface area contributed by atoms with Gasteiger partial charge in [0, 0.05) is 34.2 Å². The maximum atomic E-state index is 12.8. The first-order valence-electron chi connectivity index (χ1n) is 9.83. The SMILES string of the molecule is O=C(Nc1cc(Cl)ccc1-n1cccn1)c1ccc(NC2=NS(=O)(=O)c3ccccc32)cc1. The second-order valence-corrected chi connectivity index (χ2v) is 9.19. The highest BCUT2D eigenvalue weighted by Gasteiger charge is 2.28. The van der Waals surface area contributed by atoms with Crippen LogP contribution in [0.25, 0.3) is 5.69 Å². The van der Waals surface area contributed by atoms with Gasteiger partial charge in [-0.2, -0.15) is 13.5 Å². The summed E-state index contributed by atoms with van der Waals surface area (Å²) in [6.07, 6.45) is 3.41. The number of hydrogen-bond acceptors (Lipinski definition) is 5. The molecule has 2 heterocycles. The van der Waals surface area contributed by atoms with Gasteiger partial charge in [-0.3, -0.25) is 4.79 Å². The van der Waals surface area contributed by atoms with E-state index in [1.54, 1.807) is 83.8 Å². The molecule has 3 aromatic carbocycles. The van der Waals surface area contributed by atoms with Gasteiger partial charge >= 0.3 is 0 Å². The van der Waals surface area contributed by atoms with Gasteiger partial charge in [-0.05, 0) is 60.7 Å². The van der Waals surface area contributed by atoms with E-state index >= 15 is 0 Å². The zero-order chi connectivity index (χ0) is 23.0. The van der Waals surface area contributed by atoms with Crippen LogP contribution < -0.4 is 10.6 Å². The maximum absolute atomic E-state index is 12.8. The van der Waals surface area contributed by atoms with Crippen molar-refractivity contribution in [3.63, 3.8) is 0 Å². The second-order valence-electron chi connectivity index (χ2n) is 7.18. The van der Waals surface area contributed by atoms with E-state index in [0.29, 0.717) is 33.2 Å². The minimum atomic E-state index is -3.71. The number of aromatic nitrogens is 2. The number of rotatable bonds is 4. The number of nitrogens with one attached hydrogen (secondary N) is 2. The van der Waals surface area contributed by atoms with Crippen LogP contribution in [0.4, 0.5) is 11.4 Å². The van der Waals surface area contributed by atoms with Crippen LogP contribution in [0.2, 0.25) is 5.02 Å². The molecular weight excluding hydrogens is 462 g/mol. The van der Waals surface area contributed by atoms with Crippen molar-refractivity contribution in [1.82, 2.24) is 9.78 Å². The molecule has 0 saturated carbocycles. The number of nitrogens with zero attached hydrogens (tertiary/aromatic N) is 3. The van der Waals surface area contributed by atoms with Crippen molar-refractivity contribution < 1.29 is 13.2 Å². The molecule has 5 rings (SSSR count). The molecule has 0 spiro atoms. The molecule has 4 aromatic rings. The van der Waals surface area contributed by atoms with Crippen LogP contribution in [-0.4, -0.2) is 29.9 Å². The van der Waals surface area contributed by atoms with E-state index in [4.69, 9.17) is 11.6 Å². The summed E-state index contributed by atoms with van der Waals surface area (Å²) in [7, 11) is -3.71. The zero-order valence-corrected chi connectivity index (χ0v) is 18.5. The second kappa shape index (κ2) is 8.19. The Hall–Kier alpha value is -3.95. The Labute approximate surface area is 194 Å². The standard InChI is InChI=1S/C23H16ClN5O3S/c24-16-8-11-20(29-13-3-12-25-29)19(14-16)27-23(30)15-6-9-17(10-7-15)26-22-18-4-1-2-5-21(18)33(31,32)28-22/h1-14H,(H,26,28)(H,27,30). The highest BCUT2D eigenvalue weighted by Crippen LogP contribution is 2.27. The van der Waals surface area contributed by atoms with E-state index in [1.165, 1.54) is 6.07 Å². The summed E-state index contributed by atoms with van der Waals surface area (Å²) in [4.78, 5) is 13.0. The zero-order valence-electron chi connectivity index (χ0n) is 16.9. The smallest absolute Gasteiger partial charge is 0.285 e. The van der Waals surface area contributed by atoms with Gasteiger partial charge < -0.3 is 10.6 Å². The van der Waals surface area contributed by atoms with E-state index in [1.807, 2.05) is 0 Å². The number of sulfonamides is 1.